The lowest BCUT2D eigenvalue weighted by Crippen LogP contribution is -2.49. The van der Waals surface area contributed by atoms with E-state index in [1.807, 2.05) is 24.3 Å². The Balaban J connectivity index is 1.35. The largest absolute Gasteiger partial charge is 0.389 e. The summed E-state index contributed by atoms with van der Waals surface area (Å²) >= 11 is 0. The number of β-amino-alcohol motifs (C(OH)–C–C–N with tert-alkyl or cyclic N) is 1. The number of carbonyl (C=O) groups is 1. The lowest BCUT2D eigenvalue weighted by atomic mass is 10.1. The predicted molar refractivity (Wildman–Crippen MR) is 101 cm³/mol. The van der Waals surface area contributed by atoms with E-state index in [-0.39, 0.29) is 11.9 Å². The highest BCUT2D eigenvalue weighted by molar-refractivity contribution is 5.94. The quantitative estimate of drug-likeness (QED) is 0.709. The van der Waals surface area contributed by atoms with Crippen LogP contribution in [0, 0.1) is 0 Å². The molecule has 2 aliphatic rings. The Hall–Kier alpha value is -1.47. The first-order valence-corrected chi connectivity index (χ1v) is 9.57. The molecule has 0 radical (unpaired) electrons. The van der Waals surface area contributed by atoms with Crippen LogP contribution in [0.5, 0.6) is 0 Å². The molecule has 1 aromatic carbocycles. The third-order valence-electron chi connectivity index (χ3n) is 5.12. The SMILES string of the molecule is CC(=O)c1ccc(N2CCN(CC(O)COCC3CCCO3)CC2)cc1. The van der Waals surface area contributed by atoms with Gasteiger partial charge < -0.3 is 19.5 Å². The number of hydrogen-bond donors (Lipinski definition) is 1. The van der Waals surface area contributed by atoms with Gasteiger partial charge in [0, 0.05) is 50.6 Å². The van der Waals surface area contributed by atoms with Crippen LogP contribution in [0.3, 0.4) is 0 Å². The van der Waals surface area contributed by atoms with E-state index in [0.29, 0.717) is 19.8 Å². The van der Waals surface area contributed by atoms with E-state index >= 15 is 0 Å². The molecule has 2 heterocycles. The Labute approximate surface area is 155 Å². The molecule has 1 aromatic rings. The zero-order chi connectivity index (χ0) is 18.4. The molecule has 2 fully saturated rings. The van der Waals surface area contributed by atoms with E-state index in [0.717, 1.165) is 56.9 Å². The van der Waals surface area contributed by atoms with Crippen LogP contribution in [0.15, 0.2) is 24.3 Å². The molecule has 2 unspecified atom stereocenters. The molecule has 0 amide bonds. The highest BCUT2D eigenvalue weighted by atomic mass is 16.5. The lowest BCUT2D eigenvalue weighted by Gasteiger charge is -2.37. The van der Waals surface area contributed by atoms with Crippen molar-refractivity contribution in [1.82, 2.24) is 4.90 Å². The second kappa shape index (κ2) is 9.46. The Morgan fingerprint density at radius 1 is 1.27 bits per heavy atom. The Morgan fingerprint density at radius 2 is 2.00 bits per heavy atom. The molecule has 3 rings (SSSR count). The fourth-order valence-corrected chi connectivity index (χ4v) is 3.56. The molecule has 0 aliphatic carbocycles. The Morgan fingerprint density at radius 3 is 2.62 bits per heavy atom. The van der Waals surface area contributed by atoms with Gasteiger partial charge in [0.05, 0.1) is 25.4 Å². The molecule has 6 nitrogen and oxygen atoms in total. The van der Waals surface area contributed by atoms with Crippen LogP contribution in [-0.2, 0) is 9.47 Å². The van der Waals surface area contributed by atoms with Gasteiger partial charge in [0.25, 0.3) is 0 Å². The van der Waals surface area contributed by atoms with E-state index < -0.39 is 6.10 Å². The Bertz CT molecular complexity index is 564. The van der Waals surface area contributed by atoms with Gasteiger partial charge in [-0.15, -0.1) is 0 Å². The van der Waals surface area contributed by atoms with Gasteiger partial charge in [-0.3, -0.25) is 9.69 Å². The van der Waals surface area contributed by atoms with Crippen LogP contribution in [-0.4, -0.2) is 80.5 Å². The van der Waals surface area contributed by atoms with Gasteiger partial charge in [-0.2, -0.15) is 0 Å². The number of anilines is 1. The number of aliphatic hydroxyl groups is 1. The van der Waals surface area contributed by atoms with Crippen LogP contribution in [0.4, 0.5) is 5.69 Å². The van der Waals surface area contributed by atoms with Crippen LogP contribution in [0.2, 0.25) is 0 Å². The zero-order valence-corrected chi connectivity index (χ0v) is 15.6. The highest BCUT2D eigenvalue weighted by Crippen LogP contribution is 2.18. The third kappa shape index (κ3) is 5.51. The fourth-order valence-electron chi connectivity index (χ4n) is 3.56. The van der Waals surface area contributed by atoms with Crippen molar-refractivity contribution >= 4 is 11.5 Å². The van der Waals surface area contributed by atoms with Crippen molar-refractivity contribution in [2.45, 2.75) is 32.0 Å². The summed E-state index contributed by atoms with van der Waals surface area (Å²) in [5.41, 5.74) is 1.90. The lowest BCUT2D eigenvalue weighted by molar-refractivity contribution is -0.0254. The van der Waals surface area contributed by atoms with Gasteiger partial charge in [-0.1, -0.05) is 0 Å². The van der Waals surface area contributed by atoms with E-state index in [9.17, 15) is 9.90 Å². The minimum Gasteiger partial charge on any atom is -0.389 e. The highest BCUT2D eigenvalue weighted by Gasteiger charge is 2.21. The number of Topliss-reactive ketones (excluding diaryl/α,β-unsaturated/α-hetero) is 1. The average Bonchev–Trinajstić information content (AvgIpc) is 3.16. The van der Waals surface area contributed by atoms with Crippen molar-refractivity contribution in [2.75, 3.05) is 57.4 Å². The molecule has 2 atom stereocenters. The number of aliphatic hydroxyl groups excluding tert-OH is 1. The van der Waals surface area contributed by atoms with E-state index in [2.05, 4.69) is 9.80 Å². The van der Waals surface area contributed by atoms with E-state index in [1.54, 1.807) is 6.92 Å². The molecule has 26 heavy (non-hydrogen) atoms. The van der Waals surface area contributed by atoms with Gasteiger partial charge in [0.2, 0.25) is 0 Å². The number of ketones is 1. The second-order valence-electron chi connectivity index (χ2n) is 7.22. The molecule has 2 saturated heterocycles. The number of piperazine rings is 1. The minimum atomic E-state index is -0.460. The standard InChI is InChI=1S/C20H30N2O4/c1-16(23)17-4-6-18(7-5-17)22-10-8-21(9-11-22)13-19(24)14-25-15-20-3-2-12-26-20/h4-7,19-20,24H,2-3,8-15H2,1H3. The van der Waals surface area contributed by atoms with Crippen LogP contribution in [0.1, 0.15) is 30.1 Å². The van der Waals surface area contributed by atoms with Gasteiger partial charge in [0.15, 0.2) is 5.78 Å². The number of nitrogens with zero attached hydrogens (tertiary/aromatic N) is 2. The third-order valence-corrected chi connectivity index (χ3v) is 5.12. The molecule has 144 valence electrons. The number of hydrogen-bond acceptors (Lipinski definition) is 6. The number of carbonyl (C=O) groups excluding carboxylic acids is 1. The second-order valence-corrected chi connectivity index (χ2v) is 7.22. The summed E-state index contributed by atoms with van der Waals surface area (Å²) in [5, 5.41) is 10.2. The van der Waals surface area contributed by atoms with Crippen molar-refractivity contribution in [2.24, 2.45) is 0 Å². The summed E-state index contributed by atoms with van der Waals surface area (Å²) in [7, 11) is 0. The first-order chi connectivity index (χ1) is 12.6. The maximum atomic E-state index is 11.4. The normalized spacial score (nSPS) is 22.5. The van der Waals surface area contributed by atoms with Crippen LogP contribution in [0.25, 0.3) is 0 Å². The number of ether oxygens (including phenoxy) is 2. The van der Waals surface area contributed by atoms with Gasteiger partial charge in [-0.25, -0.2) is 0 Å². The first kappa shape index (κ1) is 19.3. The first-order valence-electron chi connectivity index (χ1n) is 9.57. The van der Waals surface area contributed by atoms with Crippen molar-refractivity contribution < 1.29 is 19.4 Å². The van der Waals surface area contributed by atoms with Gasteiger partial charge >= 0.3 is 0 Å². The monoisotopic (exact) mass is 362 g/mol. The molecule has 6 heteroatoms. The van der Waals surface area contributed by atoms with Crippen molar-refractivity contribution in [3.8, 4) is 0 Å². The minimum absolute atomic E-state index is 0.0945. The maximum Gasteiger partial charge on any atom is 0.159 e. The topological polar surface area (TPSA) is 62.2 Å². The summed E-state index contributed by atoms with van der Waals surface area (Å²) in [6.07, 6.45) is 1.92. The van der Waals surface area contributed by atoms with E-state index in [4.69, 9.17) is 9.47 Å². The van der Waals surface area contributed by atoms with Gasteiger partial charge in [0.1, 0.15) is 0 Å². The fraction of sp³-hybridized carbons (Fsp3) is 0.650. The number of benzene rings is 1. The zero-order valence-electron chi connectivity index (χ0n) is 15.6. The summed E-state index contributed by atoms with van der Waals surface area (Å²) < 4.78 is 11.1. The number of rotatable bonds is 8. The molecule has 1 N–H and O–H groups in total. The van der Waals surface area contributed by atoms with E-state index in [1.165, 1.54) is 0 Å². The summed E-state index contributed by atoms with van der Waals surface area (Å²) in [6.45, 7) is 7.68. The summed E-state index contributed by atoms with van der Waals surface area (Å²) in [4.78, 5) is 16.0. The predicted octanol–water partition coefficient (Wildman–Crippen LogP) is 1.57. The van der Waals surface area contributed by atoms with Gasteiger partial charge in [-0.05, 0) is 44.0 Å². The maximum absolute atomic E-state index is 11.4. The van der Waals surface area contributed by atoms with Crippen LogP contribution >= 0.6 is 0 Å². The summed E-state index contributed by atoms with van der Waals surface area (Å²) in [5.74, 6) is 0.0945. The summed E-state index contributed by atoms with van der Waals surface area (Å²) in [6, 6.07) is 7.80. The molecule has 2 aliphatic heterocycles. The molecule has 0 spiro atoms. The molecular weight excluding hydrogens is 332 g/mol. The molecule has 0 aromatic heterocycles. The van der Waals surface area contributed by atoms with Crippen molar-refractivity contribution in [3.63, 3.8) is 0 Å². The van der Waals surface area contributed by atoms with Crippen molar-refractivity contribution in [3.05, 3.63) is 29.8 Å². The smallest absolute Gasteiger partial charge is 0.159 e. The Kier molecular flexibility index (Phi) is 7.02. The molecular formula is C20H30N2O4. The van der Waals surface area contributed by atoms with Crippen LogP contribution < -0.4 is 4.90 Å². The molecule has 0 bridgehead atoms. The average molecular weight is 362 g/mol. The molecule has 0 saturated carbocycles. The van der Waals surface area contributed by atoms with Crippen molar-refractivity contribution in [1.29, 1.82) is 0 Å².